The molecule has 2 aliphatic rings. The number of aromatic nitrogens is 1. The fourth-order valence-electron chi connectivity index (χ4n) is 5.30. The fraction of sp³-hybridized carbons (Fsp3) is 0.452. The van der Waals surface area contributed by atoms with Crippen LogP contribution in [0.25, 0.3) is 16.5 Å². The maximum atomic E-state index is 8.83. The Bertz CT molecular complexity index is 1300. The Kier molecular flexibility index (Phi) is 7.41. The van der Waals surface area contributed by atoms with Crippen LogP contribution >= 0.6 is 0 Å². The van der Waals surface area contributed by atoms with E-state index in [0.717, 1.165) is 59.6 Å². The molecule has 0 saturated carbocycles. The summed E-state index contributed by atoms with van der Waals surface area (Å²) in [6.07, 6.45) is 1.44. The number of ether oxygens (including phenoxy) is 1. The molecule has 0 radical (unpaired) electrons. The van der Waals surface area contributed by atoms with Gasteiger partial charge in [-0.05, 0) is 75.3 Å². The number of hydrogen-bond acceptors (Lipinski definition) is 5. The minimum atomic E-state index is -0.427. The molecule has 7 heteroatoms. The molecule has 0 amide bonds. The van der Waals surface area contributed by atoms with E-state index < -0.39 is 18.3 Å². The van der Waals surface area contributed by atoms with Crippen molar-refractivity contribution in [2.75, 3.05) is 26.2 Å². The fourth-order valence-corrected chi connectivity index (χ4v) is 5.30. The van der Waals surface area contributed by atoms with Crippen LogP contribution in [0.2, 0.25) is 0 Å². The van der Waals surface area contributed by atoms with Crippen LogP contribution < -0.4 is 4.74 Å². The second-order valence-electron chi connectivity index (χ2n) is 11.5. The zero-order chi connectivity index (χ0) is 26.9. The molecule has 0 atom stereocenters. The first-order valence-electron chi connectivity index (χ1n) is 13.7. The van der Waals surface area contributed by atoms with Gasteiger partial charge in [0.25, 0.3) is 0 Å². The average Bonchev–Trinajstić information content (AvgIpc) is 3.38. The van der Waals surface area contributed by atoms with Gasteiger partial charge in [-0.3, -0.25) is 4.90 Å². The lowest BCUT2D eigenvalue weighted by atomic mass is 9.71. The largest absolute Gasteiger partial charge is 0.492 e. The van der Waals surface area contributed by atoms with Gasteiger partial charge in [0, 0.05) is 48.2 Å². The number of nitriles is 1. The molecule has 2 fully saturated rings. The second kappa shape index (κ2) is 10.6. The second-order valence-corrected chi connectivity index (χ2v) is 11.5. The molecule has 1 aromatic heterocycles. The van der Waals surface area contributed by atoms with Gasteiger partial charge in [-0.15, -0.1) is 0 Å². The molecule has 38 heavy (non-hydrogen) atoms. The Morgan fingerprint density at radius 1 is 1.08 bits per heavy atom. The van der Waals surface area contributed by atoms with Gasteiger partial charge < -0.3 is 19.0 Å². The van der Waals surface area contributed by atoms with Crippen molar-refractivity contribution in [3.05, 3.63) is 71.3 Å². The third-order valence-corrected chi connectivity index (χ3v) is 8.27. The van der Waals surface area contributed by atoms with Gasteiger partial charge in [-0.1, -0.05) is 37.3 Å². The van der Waals surface area contributed by atoms with Crippen LogP contribution in [-0.4, -0.2) is 54.4 Å². The van der Waals surface area contributed by atoms with Crippen molar-refractivity contribution in [2.24, 2.45) is 5.92 Å². The Balaban J connectivity index is 1.41. The summed E-state index contributed by atoms with van der Waals surface area (Å²) in [5.74, 6) is 1.37. The highest BCUT2D eigenvalue weighted by atomic mass is 16.7. The minimum absolute atomic E-state index is 0.410. The van der Waals surface area contributed by atoms with Crippen molar-refractivity contribution in [1.82, 2.24) is 9.88 Å². The predicted molar refractivity (Wildman–Crippen MR) is 153 cm³/mol. The molecule has 0 aliphatic carbocycles. The molecule has 3 aromatic rings. The van der Waals surface area contributed by atoms with Crippen LogP contribution in [0.1, 0.15) is 58.7 Å². The van der Waals surface area contributed by atoms with Crippen LogP contribution in [0.5, 0.6) is 5.75 Å². The van der Waals surface area contributed by atoms with E-state index in [0.29, 0.717) is 18.9 Å². The minimum Gasteiger partial charge on any atom is -0.492 e. The highest BCUT2D eigenvalue weighted by molar-refractivity contribution is 6.56. The number of H-pyrrole nitrogens is 1. The maximum absolute atomic E-state index is 8.83. The van der Waals surface area contributed by atoms with Crippen LogP contribution in [0.4, 0.5) is 0 Å². The summed E-state index contributed by atoms with van der Waals surface area (Å²) in [7, 11) is -0.427. The highest BCUT2D eigenvalue weighted by Crippen LogP contribution is 2.42. The predicted octanol–water partition coefficient (Wildman–Crippen LogP) is 6.24. The van der Waals surface area contributed by atoms with Gasteiger partial charge in [0.15, 0.2) is 0 Å². The third kappa shape index (κ3) is 5.26. The molecule has 2 aliphatic heterocycles. The molecule has 6 nitrogen and oxygen atoms in total. The zero-order valence-electron chi connectivity index (χ0n) is 23.2. The van der Waals surface area contributed by atoms with E-state index in [1.807, 2.05) is 12.1 Å². The monoisotopic (exact) mass is 511 g/mol. The van der Waals surface area contributed by atoms with Crippen molar-refractivity contribution < 1.29 is 14.0 Å². The van der Waals surface area contributed by atoms with Gasteiger partial charge in [0.05, 0.1) is 17.3 Å². The van der Waals surface area contributed by atoms with Crippen LogP contribution in [0.15, 0.2) is 60.1 Å². The number of nitrogens with zero attached hydrogens (tertiary/aromatic N) is 2. The molecule has 1 N–H and O–H groups in total. The molecule has 0 unspecified atom stereocenters. The lowest BCUT2D eigenvalue weighted by molar-refractivity contribution is 0.00578. The first kappa shape index (κ1) is 26.6. The first-order chi connectivity index (χ1) is 18.2. The van der Waals surface area contributed by atoms with Crippen LogP contribution in [0.3, 0.4) is 0 Å². The Morgan fingerprint density at radius 3 is 2.39 bits per heavy atom. The average molecular weight is 511 g/mol. The Labute approximate surface area is 226 Å². The maximum Gasteiger partial charge on any atom is 0.491 e. The first-order valence-corrected chi connectivity index (χ1v) is 13.7. The number of hydrogen-bond donors (Lipinski definition) is 1. The summed E-state index contributed by atoms with van der Waals surface area (Å²) >= 11 is 0. The molecule has 2 aromatic carbocycles. The van der Waals surface area contributed by atoms with Gasteiger partial charge in [-0.25, -0.2) is 0 Å². The topological polar surface area (TPSA) is 70.5 Å². The van der Waals surface area contributed by atoms with Gasteiger partial charge in [0.2, 0.25) is 0 Å². The van der Waals surface area contributed by atoms with Gasteiger partial charge >= 0.3 is 7.12 Å². The molecule has 198 valence electrons. The molecule has 0 spiro atoms. The number of aromatic amines is 1. The standard InChI is InChI=1S/C31H38BN3O3/c1-6-26(32-37-30(2,3)31(4,5)38-32)29(28-19-24-9-7-8-10-27(24)34-28)23-11-13-25(14-12-23)36-18-17-35-20-22(21-35)15-16-33/h7-14,19,22,34H,6,15,17-18,20-21H2,1-5H3/b29-26+. The number of nitrogens with one attached hydrogen (secondary N) is 1. The molecule has 3 heterocycles. The van der Waals surface area contributed by atoms with Gasteiger partial charge in [-0.2, -0.15) is 5.26 Å². The molecule has 2 saturated heterocycles. The van der Waals surface area contributed by atoms with E-state index in [9.17, 15) is 0 Å². The summed E-state index contributed by atoms with van der Waals surface area (Å²) in [4.78, 5) is 5.97. The summed E-state index contributed by atoms with van der Waals surface area (Å²) < 4.78 is 19.1. The van der Waals surface area contributed by atoms with E-state index in [1.54, 1.807) is 0 Å². The highest BCUT2D eigenvalue weighted by Gasteiger charge is 2.52. The normalized spacial score (nSPS) is 19.7. The van der Waals surface area contributed by atoms with Gasteiger partial charge in [0.1, 0.15) is 12.4 Å². The van der Waals surface area contributed by atoms with Crippen molar-refractivity contribution >= 4 is 23.6 Å². The van der Waals surface area contributed by atoms with E-state index in [2.05, 4.69) is 93.0 Å². The number of allylic oxidation sites excluding steroid dienone is 1. The SMILES string of the molecule is CC/C(B1OC(C)(C)C(C)(C)O1)=C(/c1ccc(OCCN2CC(CC#N)C2)cc1)c1cc2ccccc2[nH]1. The Hall–Kier alpha value is -3.05. The Morgan fingerprint density at radius 2 is 1.76 bits per heavy atom. The molecule has 0 bridgehead atoms. The molecular formula is C31H38BN3O3. The lowest BCUT2D eigenvalue weighted by Gasteiger charge is -2.37. The number of benzene rings is 2. The lowest BCUT2D eigenvalue weighted by Crippen LogP contribution is -2.47. The number of para-hydroxylation sites is 1. The summed E-state index contributed by atoms with van der Waals surface area (Å²) in [5.41, 5.74) is 4.66. The molecular weight excluding hydrogens is 473 g/mol. The van der Waals surface area contributed by atoms with Crippen LogP contribution in [0, 0.1) is 17.2 Å². The number of likely N-dealkylation sites (tertiary alicyclic amines) is 1. The van der Waals surface area contributed by atoms with E-state index in [1.165, 1.54) is 5.39 Å². The van der Waals surface area contributed by atoms with Crippen molar-refractivity contribution in [3.8, 4) is 11.8 Å². The number of rotatable bonds is 9. The summed E-state index contributed by atoms with van der Waals surface area (Å²) in [5, 5.41) is 10.0. The van der Waals surface area contributed by atoms with Crippen molar-refractivity contribution in [2.45, 2.75) is 58.7 Å². The van der Waals surface area contributed by atoms with Crippen molar-refractivity contribution in [1.29, 1.82) is 5.26 Å². The van der Waals surface area contributed by atoms with E-state index >= 15 is 0 Å². The smallest absolute Gasteiger partial charge is 0.491 e. The zero-order valence-corrected chi connectivity index (χ0v) is 23.2. The summed E-state index contributed by atoms with van der Waals surface area (Å²) in [6, 6.07) is 21.2. The van der Waals surface area contributed by atoms with Crippen molar-refractivity contribution in [3.63, 3.8) is 0 Å². The quantitative estimate of drug-likeness (QED) is 0.345. The third-order valence-electron chi connectivity index (χ3n) is 8.27. The number of fused-ring (bicyclic) bond motifs is 1. The molecule has 5 rings (SSSR count). The summed E-state index contributed by atoms with van der Waals surface area (Å²) in [6.45, 7) is 14.1. The van der Waals surface area contributed by atoms with E-state index in [4.69, 9.17) is 19.3 Å². The van der Waals surface area contributed by atoms with E-state index in [-0.39, 0.29) is 0 Å². The van der Waals surface area contributed by atoms with Crippen LogP contribution in [-0.2, 0) is 9.31 Å².